The average molecular weight is 374 g/mol. The van der Waals surface area contributed by atoms with Gasteiger partial charge in [-0.15, -0.1) is 10.2 Å². The maximum atomic E-state index is 10.8. The summed E-state index contributed by atoms with van der Waals surface area (Å²) in [6, 6.07) is 5.35. The first-order valence-corrected chi connectivity index (χ1v) is 7.43. The molecule has 1 heterocycles. The van der Waals surface area contributed by atoms with Gasteiger partial charge in [0.1, 0.15) is 0 Å². The molecule has 0 bridgehead atoms. The second-order valence-electron chi connectivity index (χ2n) is 5.54. The van der Waals surface area contributed by atoms with Gasteiger partial charge in [0.2, 0.25) is 11.8 Å². The Kier molecular flexibility index (Phi) is 4.68. The molecule has 0 aliphatic heterocycles. The van der Waals surface area contributed by atoms with Crippen LogP contribution in [0.2, 0.25) is 5.02 Å². The van der Waals surface area contributed by atoms with Gasteiger partial charge in [0.25, 0.3) is 0 Å². The van der Waals surface area contributed by atoms with E-state index in [1.807, 2.05) is 19.9 Å². The van der Waals surface area contributed by atoms with E-state index < -0.39 is 11.4 Å². The lowest BCUT2D eigenvalue weighted by Crippen LogP contribution is -2.19. The molecule has 0 saturated heterocycles. The highest BCUT2D eigenvalue weighted by Gasteiger charge is 2.25. The number of carboxylic acid groups (broad SMARTS) is 1. The summed E-state index contributed by atoms with van der Waals surface area (Å²) < 4.78 is 6.46. The summed E-state index contributed by atoms with van der Waals surface area (Å²) >= 11 is 9.48. The standard InChI is InChI=1S/C14H14BrClN2O3/c1-14(2,7-12(19)20)6-11-17-18-13(21-11)9-5-8(15)3-4-10(9)16/h3-5H,6-7H2,1-2H3,(H,19,20). The van der Waals surface area contributed by atoms with Crippen molar-refractivity contribution < 1.29 is 14.3 Å². The van der Waals surface area contributed by atoms with E-state index in [1.165, 1.54) is 0 Å². The zero-order chi connectivity index (χ0) is 15.6. The van der Waals surface area contributed by atoms with Gasteiger partial charge in [0.05, 0.1) is 17.0 Å². The van der Waals surface area contributed by atoms with Crippen LogP contribution in [0.4, 0.5) is 0 Å². The highest BCUT2D eigenvalue weighted by atomic mass is 79.9. The predicted octanol–water partition coefficient (Wildman–Crippen LogP) is 4.20. The van der Waals surface area contributed by atoms with Gasteiger partial charge in [-0.2, -0.15) is 0 Å². The monoisotopic (exact) mass is 372 g/mol. The van der Waals surface area contributed by atoms with E-state index in [0.717, 1.165) is 4.47 Å². The van der Waals surface area contributed by atoms with Gasteiger partial charge in [-0.3, -0.25) is 4.79 Å². The van der Waals surface area contributed by atoms with E-state index in [-0.39, 0.29) is 6.42 Å². The van der Waals surface area contributed by atoms with Crippen molar-refractivity contribution in [1.29, 1.82) is 0 Å². The number of hydrogen-bond donors (Lipinski definition) is 1. The fraction of sp³-hybridized carbons (Fsp3) is 0.357. The molecule has 112 valence electrons. The maximum absolute atomic E-state index is 10.8. The molecule has 1 aromatic heterocycles. The van der Waals surface area contributed by atoms with Crippen molar-refractivity contribution in [3.8, 4) is 11.5 Å². The van der Waals surface area contributed by atoms with E-state index in [0.29, 0.717) is 28.8 Å². The Bertz CT molecular complexity index is 670. The normalized spacial score (nSPS) is 11.6. The van der Waals surface area contributed by atoms with Gasteiger partial charge in [-0.25, -0.2) is 0 Å². The van der Waals surface area contributed by atoms with E-state index >= 15 is 0 Å². The lowest BCUT2D eigenvalue weighted by atomic mass is 9.86. The van der Waals surface area contributed by atoms with Crippen LogP contribution in [-0.4, -0.2) is 21.3 Å². The molecular weight excluding hydrogens is 360 g/mol. The molecule has 0 fully saturated rings. The summed E-state index contributed by atoms with van der Waals surface area (Å²) in [5.74, 6) is -0.135. The third-order valence-electron chi connectivity index (χ3n) is 2.89. The van der Waals surface area contributed by atoms with Crippen LogP contribution in [0.5, 0.6) is 0 Å². The third-order valence-corrected chi connectivity index (χ3v) is 3.71. The number of halogens is 2. The van der Waals surface area contributed by atoms with E-state index in [4.69, 9.17) is 21.1 Å². The van der Waals surface area contributed by atoms with Crippen molar-refractivity contribution in [3.63, 3.8) is 0 Å². The zero-order valence-corrected chi connectivity index (χ0v) is 13.9. The van der Waals surface area contributed by atoms with Gasteiger partial charge >= 0.3 is 5.97 Å². The number of aliphatic carboxylic acids is 1. The quantitative estimate of drug-likeness (QED) is 0.850. The number of aromatic nitrogens is 2. The Balaban J connectivity index is 2.22. The SMILES string of the molecule is CC(C)(CC(=O)O)Cc1nnc(-c2cc(Br)ccc2Cl)o1. The molecule has 0 amide bonds. The summed E-state index contributed by atoms with van der Waals surface area (Å²) in [5.41, 5.74) is 0.178. The number of benzene rings is 1. The molecule has 0 unspecified atom stereocenters. The highest BCUT2D eigenvalue weighted by Crippen LogP contribution is 2.31. The minimum absolute atomic E-state index is 0.0301. The Morgan fingerprint density at radius 3 is 2.81 bits per heavy atom. The molecule has 2 rings (SSSR count). The van der Waals surface area contributed by atoms with Crippen LogP contribution >= 0.6 is 27.5 Å². The summed E-state index contributed by atoms with van der Waals surface area (Å²) in [6.45, 7) is 3.69. The molecule has 0 aliphatic carbocycles. The van der Waals surface area contributed by atoms with Crippen LogP contribution in [0.3, 0.4) is 0 Å². The van der Waals surface area contributed by atoms with Gasteiger partial charge in [0.15, 0.2) is 0 Å². The molecule has 0 spiro atoms. The summed E-state index contributed by atoms with van der Waals surface area (Å²) in [6.07, 6.45) is 0.417. The minimum Gasteiger partial charge on any atom is -0.481 e. The molecule has 7 heteroatoms. The van der Waals surface area contributed by atoms with E-state index in [2.05, 4.69) is 26.1 Å². The molecule has 21 heavy (non-hydrogen) atoms. The van der Waals surface area contributed by atoms with Crippen molar-refractivity contribution in [2.24, 2.45) is 5.41 Å². The van der Waals surface area contributed by atoms with Crippen LogP contribution in [0.1, 0.15) is 26.2 Å². The Labute approximate surface area is 135 Å². The van der Waals surface area contributed by atoms with Crippen molar-refractivity contribution in [2.45, 2.75) is 26.7 Å². The minimum atomic E-state index is -0.852. The first-order chi connectivity index (χ1) is 9.77. The lowest BCUT2D eigenvalue weighted by Gasteiger charge is -2.19. The van der Waals surface area contributed by atoms with Crippen molar-refractivity contribution in [3.05, 3.63) is 33.6 Å². The molecule has 0 saturated carbocycles. The van der Waals surface area contributed by atoms with Crippen molar-refractivity contribution >= 4 is 33.5 Å². The van der Waals surface area contributed by atoms with Crippen molar-refractivity contribution in [2.75, 3.05) is 0 Å². The van der Waals surface area contributed by atoms with Crippen molar-refractivity contribution in [1.82, 2.24) is 10.2 Å². The van der Waals surface area contributed by atoms with Crippen LogP contribution in [0.25, 0.3) is 11.5 Å². The zero-order valence-electron chi connectivity index (χ0n) is 11.6. The molecule has 2 aromatic rings. The average Bonchev–Trinajstić information content (AvgIpc) is 2.78. The summed E-state index contributed by atoms with van der Waals surface area (Å²) in [5, 5.41) is 17.4. The second kappa shape index (κ2) is 6.15. The first kappa shape index (κ1) is 16.0. The molecule has 5 nitrogen and oxygen atoms in total. The molecule has 0 radical (unpaired) electrons. The van der Waals surface area contributed by atoms with Gasteiger partial charge in [-0.1, -0.05) is 41.4 Å². The van der Waals surface area contributed by atoms with Gasteiger partial charge in [-0.05, 0) is 23.6 Å². The third kappa shape index (κ3) is 4.28. The molecular formula is C14H14BrClN2O3. The summed E-state index contributed by atoms with van der Waals surface area (Å²) in [4.78, 5) is 10.8. The molecule has 0 atom stereocenters. The van der Waals surface area contributed by atoms with E-state index in [9.17, 15) is 4.79 Å². The number of rotatable bonds is 5. The summed E-state index contributed by atoms with van der Waals surface area (Å²) in [7, 11) is 0. The Morgan fingerprint density at radius 1 is 1.43 bits per heavy atom. The van der Waals surface area contributed by atoms with Gasteiger partial charge in [0, 0.05) is 10.9 Å². The first-order valence-electron chi connectivity index (χ1n) is 6.26. The highest BCUT2D eigenvalue weighted by molar-refractivity contribution is 9.10. The van der Waals surface area contributed by atoms with Crippen LogP contribution in [0.15, 0.2) is 27.1 Å². The number of carboxylic acids is 1. The topological polar surface area (TPSA) is 76.2 Å². The van der Waals surface area contributed by atoms with Crippen LogP contribution in [0, 0.1) is 5.41 Å². The van der Waals surface area contributed by atoms with Crippen LogP contribution in [-0.2, 0) is 11.2 Å². The maximum Gasteiger partial charge on any atom is 0.303 e. The largest absolute Gasteiger partial charge is 0.481 e. The lowest BCUT2D eigenvalue weighted by molar-refractivity contribution is -0.139. The molecule has 1 aromatic carbocycles. The van der Waals surface area contributed by atoms with Crippen LogP contribution < -0.4 is 0 Å². The smallest absolute Gasteiger partial charge is 0.303 e. The molecule has 0 aliphatic rings. The molecule has 1 N–H and O–H groups in total. The number of hydrogen-bond acceptors (Lipinski definition) is 4. The number of carbonyl (C=O) groups is 1. The van der Waals surface area contributed by atoms with E-state index in [1.54, 1.807) is 12.1 Å². The fourth-order valence-electron chi connectivity index (χ4n) is 1.98. The predicted molar refractivity (Wildman–Crippen MR) is 82.2 cm³/mol. The fourth-order valence-corrected chi connectivity index (χ4v) is 2.54. The Hall–Kier alpha value is -1.40. The second-order valence-corrected chi connectivity index (χ2v) is 6.86. The Morgan fingerprint density at radius 2 is 2.14 bits per heavy atom. The number of nitrogens with zero attached hydrogens (tertiary/aromatic N) is 2. The van der Waals surface area contributed by atoms with Gasteiger partial charge < -0.3 is 9.52 Å².